The van der Waals surface area contributed by atoms with Crippen LogP contribution >= 0.6 is 0 Å². The summed E-state index contributed by atoms with van der Waals surface area (Å²) in [6.45, 7) is 9.21. The summed E-state index contributed by atoms with van der Waals surface area (Å²) in [6.07, 6.45) is 3.69. The van der Waals surface area contributed by atoms with Crippen LogP contribution in [0.3, 0.4) is 0 Å². The molecule has 0 unspecified atom stereocenters. The van der Waals surface area contributed by atoms with Crippen molar-refractivity contribution in [3.63, 3.8) is 0 Å². The van der Waals surface area contributed by atoms with E-state index >= 15 is 0 Å². The van der Waals surface area contributed by atoms with Crippen LogP contribution in [-0.4, -0.2) is 37.1 Å². The van der Waals surface area contributed by atoms with Gasteiger partial charge >= 0.3 is 6.03 Å². The first-order valence-electron chi connectivity index (χ1n) is 8.43. The third kappa shape index (κ3) is 6.06. The van der Waals surface area contributed by atoms with Gasteiger partial charge in [-0.15, -0.1) is 0 Å². The molecular weight excluding hydrogens is 274 g/mol. The zero-order valence-corrected chi connectivity index (χ0v) is 13.9. The molecule has 1 saturated heterocycles. The smallest absolute Gasteiger partial charge is 0.315 e. The highest BCUT2D eigenvalue weighted by molar-refractivity contribution is 5.73. The molecule has 0 bridgehead atoms. The lowest BCUT2D eigenvalue weighted by atomic mass is 10.0. The molecule has 1 atom stereocenters. The summed E-state index contributed by atoms with van der Waals surface area (Å²) in [5, 5.41) is 5.85. The molecule has 122 valence electrons. The standard InChI is InChI=1S/C18H29N3O/c1-15-6-3-8-17(12-15)13-20-18(22)19-9-5-11-21-10-4-7-16(2)14-21/h3,6,8,12,16H,4-5,7,9-11,13-14H2,1-2H3,(H2,19,20,22)/t16-/m0/s1. The number of likely N-dealkylation sites (tertiary alicyclic amines) is 1. The number of amides is 2. The number of carbonyl (C=O) groups is 1. The number of carbonyl (C=O) groups excluding carboxylic acids is 1. The number of benzene rings is 1. The Balaban J connectivity index is 1.56. The van der Waals surface area contributed by atoms with Crippen molar-refractivity contribution in [1.29, 1.82) is 0 Å². The molecule has 0 aromatic heterocycles. The fourth-order valence-electron chi connectivity index (χ4n) is 3.06. The van der Waals surface area contributed by atoms with Gasteiger partial charge in [-0.3, -0.25) is 0 Å². The van der Waals surface area contributed by atoms with Crippen LogP contribution in [0.4, 0.5) is 4.79 Å². The van der Waals surface area contributed by atoms with E-state index in [0.29, 0.717) is 6.54 Å². The maximum absolute atomic E-state index is 11.8. The molecule has 1 aromatic carbocycles. The molecule has 2 amide bonds. The number of piperidine rings is 1. The van der Waals surface area contributed by atoms with Gasteiger partial charge in [-0.1, -0.05) is 36.8 Å². The lowest BCUT2D eigenvalue weighted by Gasteiger charge is -2.30. The fraction of sp³-hybridized carbons (Fsp3) is 0.611. The van der Waals surface area contributed by atoms with Gasteiger partial charge in [0, 0.05) is 19.6 Å². The summed E-state index contributed by atoms with van der Waals surface area (Å²) < 4.78 is 0. The van der Waals surface area contributed by atoms with Crippen LogP contribution < -0.4 is 10.6 Å². The van der Waals surface area contributed by atoms with Crippen LogP contribution in [0.5, 0.6) is 0 Å². The van der Waals surface area contributed by atoms with Gasteiger partial charge in [-0.25, -0.2) is 4.79 Å². The van der Waals surface area contributed by atoms with Crippen molar-refractivity contribution in [1.82, 2.24) is 15.5 Å². The van der Waals surface area contributed by atoms with Gasteiger partial charge in [0.1, 0.15) is 0 Å². The average molecular weight is 303 g/mol. The second kappa shape index (κ2) is 8.79. The Labute approximate surface area is 134 Å². The van der Waals surface area contributed by atoms with E-state index in [0.717, 1.165) is 31.0 Å². The lowest BCUT2D eigenvalue weighted by Crippen LogP contribution is -2.38. The van der Waals surface area contributed by atoms with E-state index in [1.165, 1.54) is 31.5 Å². The van der Waals surface area contributed by atoms with Crippen LogP contribution in [0.1, 0.15) is 37.3 Å². The molecule has 1 aliphatic heterocycles. The first kappa shape index (κ1) is 16.8. The lowest BCUT2D eigenvalue weighted by molar-refractivity contribution is 0.181. The molecule has 22 heavy (non-hydrogen) atoms. The first-order chi connectivity index (χ1) is 10.6. The third-order valence-corrected chi connectivity index (χ3v) is 4.21. The van der Waals surface area contributed by atoms with Crippen LogP contribution in [0.25, 0.3) is 0 Å². The summed E-state index contributed by atoms with van der Waals surface area (Å²) in [6, 6.07) is 8.13. The van der Waals surface area contributed by atoms with Gasteiger partial charge in [0.25, 0.3) is 0 Å². The highest BCUT2D eigenvalue weighted by Crippen LogP contribution is 2.15. The van der Waals surface area contributed by atoms with E-state index in [1.807, 2.05) is 12.1 Å². The summed E-state index contributed by atoms with van der Waals surface area (Å²) >= 11 is 0. The highest BCUT2D eigenvalue weighted by Gasteiger charge is 2.15. The van der Waals surface area contributed by atoms with E-state index in [2.05, 4.69) is 41.5 Å². The summed E-state index contributed by atoms with van der Waals surface area (Å²) in [4.78, 5) is 14.3. The van der Waals surface area contributed by atoms with Gasteiger partial charge in [0.05, 0.1) is 0 Å². The van der Waals surface area contributed by atoms with Gasteiger partial charge in [-0.05, 0) is 50.8 Å². The Morgan fingerprint density at radius 3 is 3.00 bits per heavy atom. The molecule has 4 nitrogen and oxygen atoms in total. The molecule has 2 N–H and O–H groups in total. The number of nitrogens with one attached hydrogen (secondary N) is 2. The molecule has 1 aliphatic rings. The minimum absolute atomic E-state index is 0.0754. The Morgan fingerprint density at radius 1 is 1.36 bits per heavy atom. The molecule has 0 saturated carbocycles. The van der Waals surface area contributed by atoms with Gasteiger partial charge in [-0.2, -0.15) is 0 Å². The highest BCUT2D eigenvalue weighted by atomic mass is 16.2. The monoisotopic (exact) mass is 303 g/mol. The Hall–Kier alpha value is -1.55. The number of nitrogens with zero attached hydrogens (tertiary/aromatic N) is 1. The van der Waals surface area contributed by atoms with Gasteiger partial charge < -0.3 is 15.5 Å². The van der Waals surface area contributed by atoms with Gasteiger partial charge in [0.2, 0.25) is 0 Å². The Morgan fingerprint density at radius 2 is 2.23 bits per heavy atom. The quantitative estimate of drug-likeness (QED) is 0.794. The van der Waals surface area contributed by atoms with Crippen molar-refractivity contribution < 1.29 is 4.79 Å². The van der Waals surface area contributed by atoms with Crippen LogP contribution in [0.2, 0.25) is 0 Å². The number of urea groups is 1. The molecule has 1 fully saturated rings. The molecule has 0 aliphatic carbocycles. The predicted molar refractivity (Wildman–Crippen MR) is 90.9 cm³/mol. The van der Waals surface area contributed by atoms with Crippen molar-refractivity contribution in [2.75, 3.05) is 26.2 Å². The number of rotatable bonds is 6. The van der Waals surface area contributed by atoms with Crippen molar-refractivity contribution in [2.24, 2.45) is 5.92 Å². The first-order valence-corrected chi connectivity index (χ1v) is 8.43. The summed E-state index contributed by atoms with van der Waals surface area (Å²) in [5.74, 6) is 0.819. The number of hydrogen-bond donors (Lipinski definition) is 2. The van der Waals surface area contributed by atoms with Crippen LogP contribution in [0.15, 0.2) is 24.3 Å². The fourth-order valence-corrected chi connectivity index (χ4v) is 3.06. The minimum Gasteiger partial charge on any atom is -0.338 e. The summed E-state index contributed by atoms with van der Waals surface area (Å²) in [5.41, 5.74) is 2.35. The topological polar surface area (TPSA) is 44.4 Å². The van der Waals surface area contributed by atoms with Crippen LogP contribution in [-0.2, 0) is 6.54 Å². The summed E-state index contributed by atoms with van der Waals surface area (Å²) in [7, 11) is 0. The molecule has 4 heteroatoms. The molecule has 0 spiro atoms. The Bertz CT molecular complexity index is 475. The zero-order valence-electron chi connectivity index (χ0n) is 13.9. The van der Waals surface area contributed by atoms with E-state index in [9.17, 15) is 4.79 Å². The van der Waals surface area contributed by atoms with Crippen molar-refractivity contribution in [3.8, 4) is 0 Å². The van der Waals surface area contributed by atoms with Gasteiger partial charge in [0.15, 0.2) is 0 Å². The average Bonchev–Trinajstić information content (AvgIpc) is 2.50. The third-order valence-electron chi connectivity index (χ3n) is 4.21. The largest absolute Gasteiger partial charge is 0.338 e. The van der Waals surface area contributed by atoms with Crippen LogP contribution in [0, 0.1) is 12.8 Å². The normalized spacial score (nSPS) is 18.9. The maximum Gasteiger partial charge on any atom is 0.315 e. The maximum atomic E-state index is 11.8. The van der Waals surface area contributed by atoms with Crippen molar-refractivity contribution >= 4 is 6.03 Å². The van der Waals surface area contributed by atoms with Crippen molar-refractivity contribution in [3.05, 3.63) is 35.4 Å². The number of aryl methyl sites for hydroxylation is 1. The SMILES string of the molecule is Cc1cccc(CNC(=O)NCCCN2CCC[C@H](C)C2)c1. The molecular formula is C18H29N3O. The van der Waals surface area contributed by atoms with E-state index in [-0.39, 0.29) is 6.03 Å². The molecule has 2 rings (SSSR count). The minimum atomic E-state index is -0.0754. The zero-order chi connectivity index (χ0) is 15.8. The second-order valence-electron chi connectivity index (χ2n) is 6.50. The second-order valence-corrected chi connectivity index (χ2v) is 6.50. The van der Waals surface area contributed by atoms with E-state index in [1.54, 1.807) is 0 Å². The predicted octanol–water partition coefficient (Wildman–Crippen LogP) is 2.92. The number of hydrogen-bond acceptors (Lipinski definition) is 2. The Kier molecular flexibility index (Phi) is 6.72. The van der Waals surface area contributed by atoms with E-state index < -0.39 is 0 Å². The molecule has 1 aromatic rings. The molecule has 0 radical (unpaired) electrons. The van der Waals surface area contributed by atoms with Crippen molar-refractivity contribution in [2.45, 2.75) is 39.7 Å². The van der Waals surface area contributed by atoms with E-state index in [4.69, 9.17) is 0 Å². The molecule has 1 heterocycles.